The molecule has 1 aromatic carbocycles. The van der Waals surface area contributed by atoms with Gasteiger partial charge in [0.25, 0.3) is 10.0 Å². The second-order valence-corrected chi connectivity index (χ2v) is 7.78. The van der Waals surface area contributed by atoms with Crippen LogP contribution in [-0.4, -0.2) is 19.9 Å². The highest BCUT2D eigenvalue weighted by atomic mass is 32.2. The highest BCUT2D eigenvalue weighted by molar-refractivity contribution is 7.94. The van der Waals surface area contributed by atoms with Gasteiger partial charge in [-0.1, -0.05) is 42.9 Å². The van der Waals surface area contributed by atoms with Crippen molar-refractivity contribution in [2.24, 2.45) is 0 Å². The molecule has 0 aliphatic rings. The molecule has 5 nitrogen and oxygen atoms in total. The summed E-state index contributed by atoms with van der Waals surface area (Å²) in [7, 11) is -3.63. The summed E-state index contributed by atoms with van der Waals surface area (Å²) in [5.74, 6) is 0. The summed E-state index contributed by atoms with van der Waals surface area (Å²) in [5, 5.41) is 0.273. The van der Waals surface area contributed by atoms with Crippen molar-refractivity contribution in [3.05, 3.63) is 36.0 Å². The van der Waals surface area contributed by atoms with E-state index < -0.39 is 10.0 Å². The fraction of sp³-hybridized carbons (Fsp3) is 0.357. The van der Waals surface area contributed by atoms with Gasteiger partial charge in [-0.25, -0.2) is 13.4 Å². The fourth-order valence-corrected chi connectivity index (χ4v) is 4.93. The molecule has 0 atom stereocenters. The number of benzene rings is 1. The van der Waals surface area contributed by atoms with Gasteiger partial charge in [0.15, 0.2) is 9.34 Å². The van der Waals surface area contributed by atoms with Gasteiger partial charge in [-0.15, -0.1) is 0 Å². The van der Waals surface area contributed by atoms with Crippen molar-refractivity contribution in [1.29, 1.82) is 0 Å². The van der Waals surface area contributed by atoms with Gasteiger partial charge in [-0.2, -0.15) is 0 Å². The Morgan fingerprint density at radius 2 is 1.95 bits per heavy atom. The second kappa shape index (κ2) is 6.44. The Morgan fingerprint density at radius 1 is 1.29 bits per heavy atom. The average molecular weight is 325 g/mol. The van der Waals surface area contributed by atoms with E-state index in [1.54, 1.807) is 19.1 Å². The summed E-state index contributed by atoms with van der Waals surface area (Å²) < 4.78 is 27.5. The third-order valence-corrected chi connectivity index (χ3v) is 6.45. The zero-order valence-corrected chi connectivity index (χ0v) is 13.7. The monoisotopic (exact) mass is 325 g/mol. The molecule has 0 spiro atoms. The molecule has 114 valence electrons. The lowest BCUT2D eigenvalue weighted by Crippen LogP contribution is -2.31. The van der Waals surface area contributed by atoms with Crippen molar-refractivity contribution in [2.75, 3.05) is 16.6 Å². The van der Waals surface area contributed by atoms with Crippen LogP contribution in [0.15, 0.2) is 34.5 Å². The van der Waals surface area contributed by atoms with Crippen LogP contribution >= 0.6 is 11.3 Å². The standard InChI is InChI=1S/C14H19N3O2S2/c1-3-4-10-17(12-8-6-5-7-9-12)21(18,19)13-11(2)16-14(15)20-13/h5-9H,3-4,10H2,1-2H3,(H2,15,16). The predicted molar refractivity (Wildman–Crippen MR) is 87.1 cm³/mol. The molecule has 0 unspecified atom stereocenters. The number of unbranched alkanes of at least 4 members (excludes halogenated alkanes) is 1. The molecule has 0 fully saturated rings. The smallest absolute Gasteiger partial charge is 0.275 e. The minimum Gasteiger partial charge on any atom is -0.375 e. The number of hydrogen-bond acceptors (Lipinski definition) is 5. The van der Waals surface area contributed by atoms with Crippen LogP contribution in [0.25, 0.3) is 0 Å². The van der Waals surface area contributed by atoms with E-state index in [1.165, 1.54) is 4.31 Å². The number of para-hydroxylation sites is 1. The Morgan fingerprint density at radius 3 is 2.48 bits per heavy atom. The van der Waals surface area contributed by atoms with Crippen LogP contribution in [0.5, 0.6) is 0 Å². The summed E-state index contributed by atoms with van der Waals surface area (Å²) in [6, 6.07) is 9.12. The topological polar surface area (TPSA) is 76.3 Å². The number of nitrogens with two attached hydrogens (primary N) is 1. The maximum absolute atomic E-state index is 12.9. The third kappa shape index (κ3) is 3.36. The molecule has 0 radical (unpaired) electrons. The molecule has 2 N–H and O–H groups in total. The number of anilines is 2. The predicted octanol–water partition coefficient (Wildman–Crippen LogP) is 3.03. The van der Waals surface area contributed by atoms with Crippen LogP contribution in [0.2, 0.25) is 0 Å². The summed E-state index contributed by atoms with van der Waals surface area (Å²) in [4.78, 5) is 4.02. The van der Waals surface area contributed by atoms with E-state index in [0.717, 1.165) is 24.2 Å². The number of aromatic nitrogens is 1. The first kappa shape index (κ1) is 15.8. The van der Waals surface area contributed by atoms with Crippen molar-refractivity contribution in [3.8, 4) is 0 Å². The Labute approximate surface area is 129 Å². The third-order valence-electron chi connectivity index (χ3n) is 3.05. The van der Waals surface area contributed by atoms with Crippen molar-refractivity contribution < 1.29 is 8.42 Å². The average Bonchev–Trinajstić information content (AvgIpc) is 2.80. The minimum absolute atomic E-state index is 0.222. The maximum atomic E-state index is 12.9. The van der Waals surface area contributed by atoms with Crippen LogP contribution in [0.3, 0.4) is 0 Å². The minimum atomic E-state index is -3.63. The van der Waals surface area contributed by atoms with E-state index >= 15 is 0 Å². The van der Waals surface area contributed by atoms with Crippen LogP contribution in [-0.2, 0) is 10.0 Å². The molecule has 0 saturated heterocycles. The number of nitrogens with zero attached hydrogens (tertiary/aromatic N) is 2. The van der Waals surface area contributed by atoms with Crippen molar-refractivity contribution >= 4 is 32.2 Å². The number of aryl methyl sites for hydroxylation is 1. The van der Waals surface area contributed by atoms with Gasteiger partial charge in [-0.05, 0) is 25.5 Å². The summed E-state index contributed by atoms with van der Waals surface area (Å²) in [5.41, 5.74) is 6.76. The summed E-state index contributed by atoms with van der Waals surface area (Å²) in [6.45, 7) is 4.15. The fourth-order valence-electron chi connectivity index (χ4n) is 2.03. The van der Waals surface area contributed by atoms with E-state index in [1.807, 2.05) is 25.1 Å². The molecule has 7 heteroatoms. The van der Waals surface area contributed by atoms with Crippen molar-refractivity contribution in [1.82, 2.24) is 4.98 Å². The number of nitrogen functional groups attached to an aromatic ring is 1. The lowest BCUT2D eigenvalue weighted by atomic mass is 10.3. The molecule has 2 aromatic rings. The molecule has 21 heavy (non-hydrogen) atoms. The van der Waals surface area contributed by atoms with Crippen LogP contribution in [0, 0.1) is 6.92 Å². The van der Waals surface area contributed by atoms with Gasteiger partial charge in [-0.3, -0.25) is 4.31 Å². The molecule has 0 aliphatic heterocycles. The molecule has 1 aromatic heterocycles. The zero-order valence-electron chi connectivity index (χ0n) is 12.1. The molecule has 0 amide bonds. The summed E-state index contributed by atoms with van der Waals surface area (Å²) in [6.07, 6.45) is 1.71. The second-order valence-electron chi connectivity index (χ2n) is 4.69. The van der Waals surface area contributed by atoms with Crippen LogP contribution < -0.4 is 10.0 Å². The van der Waals surface area contributed by atoms with Crippen molar-refractivity contribution in [3.63, 3.8) is 0 Å². The van der Waals surface area contributed by atoms with Gasteiger partial charge in [0.1, 0.15) is 0 Å². The van der Waals surface area contributed by atoms with Crippen LogP contribution in [0.4, 0.5) is 10.8 Å². The van der Waals surface area contributed by atoms with Gasteiger partial charge in [0.2, 0.25) is 0 Å². The highest BCUT2D eigenvalue weighted by Crippen LogP contribution is 2.31. The Bertz CT molecular complexity index is 696. The number of sulfonamides is 1. The largest absolute Gasteiger partial charge is 0.375 e. The Kier molecular flexibility index (Phi) is 4.84. The molecular weight excluding hydrogens is 306 g/mol. The van der Waals surface area contributed by atoms with E-state index in [9.17, 15) is 8.42 Å². The van der Waals surface area contributed by atoms with Crippen molar-refractivity contribution in [2.45, 2.75) is 30.9 Å². The number of hydrogen-bond donors (Lipinski definition) is 1. The Balaban J connectivity index is 2.47. The number of rotatable bonds is 6. The van der Waals surface area contributed by atoms with Gasteiger partial charge in [0.05, 0.1) is 11.4 Å². The van der Waals surface area contributed by atoms with Gasteiger partial charge >= 0.3 is 0 Å². The lowest BCUT2D eigenvalue weighted by Gasteiger charge is -2.23. The highest BCUT2D eigenvalue weighted by Gasteiger charge is 2.28. The molecular formula is C14H19N3O2S2. The first-order chi connectivity index (χ1) is 9.96. The van der Waals surface area contributed by atoms with Gasteiger partial charge < -0.3 is 5.73 Å². The van der Waals surface area contributed by atoms with E-state index in [4.69, 9.17) is 5.73 Å². The van der Waals surface area contributed by atoms with Gasteiger partial charge in [0, 0.05) is 6.54 Å². The van der Waals surface area contributed by atoms with E-state index in [0.29, 0.717) is 17.9 Å². The van der Waals surface area contributed by atoms with Crippen LogP contribution in [0.1, 0.15) is 25.5 Å². The SMILES string of the molecule is CCCCN(c1ccccc1)S(=O)(=O)c1sc(N)nc1C. The van der Waals surface area contributed by atoms with E-state index in [-0.39, 0.29) is 9.34 Å². The molecule has 1 heterocycles. The lowest BCUT2D eigenvalue weighted by molar-refractivity contribution is 0.590. The molecule has 2 rings (SSSR count). The first-order valence-corrected chi connectivity index (χ1v) is 9.03. The molecule has 0 bridgehead atoms. The zero-order chi connectivity index (χ0) is 15.5. The van der Waals surface area contributed by atoms with E-state index in [2.05, 4.69) is 4.98 Å². The Hall–Kier alpha value is -1.60. The number of thiazole rings is 1. The normalized spacial score (nSPS) is 11.5. The maximum Gasteiger partial charge on any atom is 0.275 e. The molecule has 0 saturated carbocycles. The summed E-state index contributed by atoms with van der Waals surface area (Å²) >= 11 is 1.01. The molecule has 0 aliphatic carbocycles. The first-order valence-electron chi connectivity index (χ1n) is 6.77. The quantitative estimate of drug-likeness (QED) is 0.885.